The van der Waals surface area contributed by atoms with Gasteiger partial charge in [0.25, 0.3) is 0 Å². The molecular formula is C19H28O2. The van der Waals surface area contributed by atoms with Gasteiger partial charge in [-0.3, -0.25) is 4.79 Å². The van der Waals surface area contributed by atoms with E-state index in [0.717, 1.165) is 16.7 Å². The molecule has 2 nitrogen and oxygen atoms in total. The van der Waals surface area contributed by atoms with Crippen molar-refractivity contribution < 1.29 is 9.90 Å². The van der Waals surface area contributed by atoms with E-state index in [1.807, 2.05) is 25.1 Å². The number of hydrogen-bond acceptors (Lipinski definition) is 2. The van der Waals surface area contributed by atoms with Gasteiger partial charge in [0.15, 0.2) is 5.78 Å². The molecule has 0 spiro atoms. The van der Waals surface area contributed by atoms with Crippen LogP contribution in [0.1, 0.15) is 71.6 Å². The third-order valence-electron chi connectivity index (χ3n) is 3.56. The van der Waals surface area contributed by atoms with Gasteiger partial charge in [0.2, 0.25) is 0 Å². The van der Waals surface area contributed by atoms with Crippen molar-refractivity contribution >= 4 is 11.9 Å². The number of allylic oxidation sites excluding steroid dienone is 1. The summed E-state index contributed by atoms with van der Waals surface area (Å²) < 4.78 is 0. The summed E-state index contributed by atoms with van der Waals surface area (Å²) in [5, 5.41) is 10.6. The number of ketones is 1. The molecule has 1 N–H and O–H groups in total. The molecule has 116 valence electrons. The molecule has 0 fully saturated rings. The molecule has 0 amide bonds. The highest BCUT2D eigenvalue weighted by Crippen LogP contribution is 2.39. The maximum Gasteiger partial charge on any atom is 0.155 e. The normalized spacial score (nSPS) is 12.9. The summed E-state index contributed by atoms with van der Waals surface area (Å²) in [6.07, 6.45) is 3.97. The topological polar surface area (TPSA) is 37.3 Å². The van der Waals surface area contributed by atoms with E-state index in [0.29, 0.717) is 12.2 Å². The summed E-state index contributed by atoms with van der Waals surface area (Å²) >= 11 is 0. The van der Waals surface area contributed by atoms with Crippen molar-refractivity contribution in [3.63, 3.8) is 0 Å². The average molecular weight is 288 g/mol. The molecule has 0 aliphatic heterocycles. The van der Waals surface area contributed by atoms with E-state index < -0.39 is 0 Å². The van der Waals surface area contributed by atoms with E-state index in [1.165, 1.54) is 0 Å². The largest absolute Gasteiger partial charge is 0.507 e. The van der Waals surface area contributed by atoms with Crippen molar-refractivity contribution in [1.29, 1.82) is 0 Å². The Labute approximate surface area is 128 Å². The van der Waals surface area contributed by atoms with Crippen LogP contribution >= 0.6 is 0 Å². The summed E-state index contributed by atoms with van der Waals surface area (Å²) in [7, 11) is 0. The molecule has 0 aliphatic carbocycles. The van der Waals surface area contributed by atoms with Crippen LogP contribution in [0.4, 0.5) is 0 Å². The first-order chi connectivity index (χ1) is 9.46. The third-order valence-corrected chi connectivity index (χ3v) is 3.56. The lowest BCUT2D eigenvalue weighted by atomic mass is 9.78. The summed E-state index contributed by atoms with van der Waals surface area (Å²) in [6, 6.07) is 3.95. The van der Waals surface area contributed by atoms with E-state index in [-0.39, 0.29) is 16.6 Å². The number of carbonyl (C=O) groups excluding carboxylic acids is 1. The van der Waals surface area contributed by atoms with Crippen molar-refractivity contribution in [1.82, 2.24) is 0 Å². The lowest BCUT2D eigenvalue weighted by molar-refractivity contribution is -0.114. The molecule has 0 atom stereocenters. The first kappa shape index (κ1) is 17.5. The van der Waals surface area contributed by atoms with E-state index in [2.05, 4.69) is 41.5 Å². The van der Waals surface area contributed by atoms with Gasteiger partial charge in [0.05, 0.1) is 0 Å². The molecule has 0 bridgehead atoms. The molecule has 2 heteroatoms. The number of phenolic OH excluding ortho intramolecular Hbond substituents is 1. The molecular weight excluding hydrogens is 260 g/mol. The molecule has 0 saturated heterocycles. The summed E-state index contributed by atoms with van der Waals surface area (Å²) in [6.45, 7) is 14.3. The molecule has 1 rings (SSSR count). The second-order valence-corrected chi connectivity index (χ2v) is 7.62. The molecule has 0 radical (unpaired) electrons. The molecule has 0 heterocycles. The minimum Gasteiger partial charge on any atom is -0.507 e. The van der Waals surface area contributed by atoms with Crippen LogP contribution in [0.3, 0.4) is 0 Å². The van der Waals surface area contributed by atoms with Crippen molar-refractivity contribution in [2.24, 2.45) is 0 Å². The Bertz CT molecular complexity index is 517. The second kappa shape index (κ2) is 6.05. The molecule has 0 aliphatic rings. The molecule has 1 aromatic rings. The maximum atomic E-state index is 11.5. The Morgan fingerprint density at radius 2 is 1.48 bits per heavy atom. The standard InChI is InChI=1S/C19H28O2/c1-8-14(20)10-9-13-11-15(18(2,3)4)17(21)16(12-13)19(5,6)7/h9-12,21H,8H2,1-7H3/b10-9-. The second-order valence-electron chi connectivity index (χ2n) is 7.62. The van der Waals surface area contributed by atoms with E-state index in [9.17, 15) is 9.90 Å². The van der Waals surface area contributed by atoms with Crippen molar-refractivity contribution in [3.8, 4) is 5.75 Å². The highest BCUT2D eigenvalue weighted by Gasteiger charge is 2.26. The zero-order chi connectivity index (χ0) is 16.4. The van der Waals surface area contributed by atoms with Gasteiger partial charge in [0.1, 0.15) is 5.75 Å². The smallest absolute Gasteiger partial charge is 0.155 e. The highest BCUT2D eigenvalue weighted by atomic mass is 16.3. The zero-order valence-corrected chi connectivity index (χ0v) is 14.4. The fourth-order valence-electron chi connectivity index (χ4n) is 2.20. The monoisotopic (exact) mass is 288 g/mol. The average Bonchev–Trinajstić information content (AvgIpc) is 2.34. The number of phenols is 1. The Hall–Kier alpha value is -1.57. The van der Waals surface area contributed by atoms with E-state index >= 15 is 0 Å². The van der Waals surface area contributed by atoms with Gasteiger partial charge in [-0.25, -0.2) is 0 Å². The maximum absolute atomic E-state index is 11.5. The van der Waals surface area contributed by atoms with Crippen LogP contribution in [0.2, 0.25) is 0 Å². The fourth-order valence-corrected chi connectivity index (χ4v) is 2.20. The van der Waals surface area contributed by atoms with Crippen molar-refractivity contribution in [2.45, 2.75) is 65.7 Å². The van der Waals surface area contributed by atoms with Crippen molar-refractivity contribution in [2.75, 3.05) is 0 Å². The first-order valence-electron chi connectivity index (χ1n) is 7.55. The van der Waals surface area contributed by atoms with Gasteiger partial charge in [-0.1, -0.05) is 54.5 Å². The predicted octanol–water partition coefficient (Wildman–Crippen LogP) is 4.98. The van der Waals surface area contributed by atoms with Crippen LogP contribution in [-0.2, 0) is 15.6 Å². The molecule has 1 aromatic carbocycles. The van der Waals surface area contributed by atoms with Crippen LogP contribution in [0.15, 0.2) is 18.2 Å². The Kier molecular flexibility index (Phi) is 5.03. The van der Waals surface area contributed by atoms with Gasteiger partial charge in [-0.15, -0.1) is 0 Å². The molecule has 0 saturated carbocycles. The predicted molar refractivity (Wildman–Crippen MR) is 89.8 cm³/mol. The number of hydrogen-bond donors (Lipinski definition) is 1. The van der Waals surface area contributed by atoms with E-state index in [4.69, 9.17) is 0 Å². The van der Waals surface area contributed by atoms with Gasteiger partial charge in [0, 0.05) is 17.5 Å². The fraction of sp³-hybridized carbons (Fsp3) is 0.526. The quantitative estimate of drug-likeness (QED) is 0.796. The van der Waals surface area contributed by atoms with Crippen LogP contribution < -0.4 is 0 Å². The van der Waals surface area contributed by atoms with Crippen LogP contribution in [0.5, 0.6) is 5.75 Å². The summed E-state index contributed by atoms with van der Waals surface area (Å²) in [4.78, 5) is 11.5. The van der Waals surface area contributed by atoms with Gasteiger partial charge in [-0.2, -0.15) is 0 Å². The number of aromatic hydroxyl groups is 1. The van der Waals surface area contributed by atoms with Gasteiger partial charge >= 0.3 is 0 Å². The summed E-state index contributed by atoms with van der Waals surface area (Å²) in [5.74, 6) is 0.478. The zero-order valence-electron chi connectivity index (χ0n) is 14.4. The SMILES string of the molecule is CCC(=O)/C=C\c1cc(C(C)(C)C)c(O)c(C(C)(C)C)c1. The van der Waals surface area contributed by atoms with Gasteiger partial charge < -0.3 is 5.11 Å². The van der Waals surface area contributed by atoms with Crippen molar-refractivity contribution in [3.05, 3.63) is 34.9 Å². The van der Waals surface area contributed by atoms with Crippen LogP contribution in [0.25, 0.3) is 6.08 Å². The first-order valence-corrected chi connectivity index (χ1v) is 7.55. The Morgan fingerprint density at radius 1 is 1.05 bits per heavy atom. The van der Waals surface area contributed by atoms with Crippen LogP contribution in [-0.4, -0.2) is 10.9 Å². The van der Waals surface area contributed by atoms with Crippen LogP contribution in [0, 0.1) is 0 Å². The molecule has 0 aromatic heterocycles. The Morgan fingerprint density at radius 3 is 1.81 bits per heavy atom. The number of benzene rings is 1. The molecule has 0 unspecified atom stereocenters. The number of rotatable bonds is 3. The van der Waals surface area contributed by atoms with E-state index in [1.54, 1.807) is 6.08 Å². The van der Waals surface area contributed by atoms with Gasteiger partial charge in [-0.05, 0) is 34.6 Å². The minimum atomic E-state index is -0.150. The lowest BCUT2D eigenvalue weighted by Gasteiger charge is -2.27. The Balaban J connectivity index is 3.48. The minimum absolute atomic E-state index is 0.109. The third kappa shape index (κ3) is 4.45. The molecule has 21 heavy (non-hydrogen) atoms. The number of carbonyl (C=O) groups is 1. The highest BCUT2D eigenvalue weighted by molar-refractivity contribution is 5.93. The lowest BCUT2D eigenvalue weighted by Crippen LogP contribution is -2.17. The summed E-state index contributed by atoms with van der Waals surface area (Å²) in [5.41, 5.74) is 2.49.